The molecular weight excluding hydrogens is 395 g/mol. The van der Waals surface area contributed by atoms with E-state index in [4.69, 9.17) is 5.21 Å². The van der Waals surface area contributed by atoms with Gasteiger partial charge in [0, 0.05) is 29.8 Å². The average molecular weight is 413 g/mol. The van der Waals surface area contributed by atoms with Crippen LogP contribution in [0.2, 0.25) is 0 Å². The van der Waals surface area contributed by atoms with E-state index in [-0.39, 0.29) is 11.4 Å². The van der Waals surface area contributed by atoms with Gasteiger partial charge in [-0.3, -0.25) is 10.0 Å². The summed E-state index contributed by atoms with van der Waals surface area (Å²) in [6.07, 6.45) is -0.950. The van der Waals surface area contributed by atoms with Crippen LogP contribution in [-0.2, 0) is 4.79 Å². The maximum atomic E-state index is 15.7. The van der Waals surface area contributed by atoms with Crippen molar-refractivity contribution in [1.29, 1.82) is 0 Å². The molecule has 1 aliphatic rings. The molecule has 8 heteroatoms. The quantitative estimate of drug-likeness (QED) is 0.459. The molecule has 1 aliphatic carbocycles. The lowest BCUT2D eigenvalue weighted by Gasteiger charge is -2.07. The van der Waals surface area contributed by atoms with Gasteiger partial charge in [-0.15, -0.1) is 0 Å². The highest BCUT2D eigenvalue weighted by Gasteiger charge is 2.67. The van der Waals surface area contributed by atoms with Gasteiger partial charge in [0.15, 0.2) is 5.82 Å². The number of benzene rings is 2. The minimum atomic E-state index is -2.64. The number of carbonyl (C=O) groups excluding carboxylic acids is 1. The van der Waals surface area contributed by atoms with Gasteiger partial charge < -0.3 is 0 Å². The Morgan fingerprint density at radius 1 is 1.00 bits per heavy atom. The van der Waals surface area contributed by atoms with Crippen LogP contribution in [0.4, 0.5) is 13.2 Å². The molecule has 0 spiro atoms. The molecule has 30 heavy (non-hydrogen) atoms. The van der Waals surface area contributed by atoms with E-state index in [1.807, 2.05) is 18.2 Å². The van der Waals surface area contributed by atoms with E-state index in [2.05, 4.69) is 9.97 Å². The molecule has 1 fully saturated rings. The van der Waals surface area contributed by atoms with Crippen molar-refractivity contribution < 1.29 is 23.2 Å². The molecule has 1 saturated carbocycles. The normalized spacial score (nSPS) is 22.7. The first-order chi connectivity index (χ1) is 14.4. The number of nitrogens with zero attached hydrogens (tertiary/aromatic N) is 2. The molecule has 0 aliphatic heterocycles. The maximum absolute atomic E-state index is 15.7. The van der Waals surface area contributed by atoms with Crippen molar-refractivity contribution in [1.82, 2.24) is 15.4 Å². The molecule has 2 aromatic carbocycles. The van der Waals surface area contributed by atoms with E-state index in [0.717, 1.165) is 18.0 Å². The Morgan fingerprint density at radius 2 is 1.57 bits per heavy atom. The standard InChI is InChI=1S/C22H18F3N3O2/c23-20(24)16-11-26-21(27-12-16)15-8-6-14(7-9-15)19-18(13-4-2-1-3-5-13)22(19,25)10-17(29)28-30/h1-9,11-12,18-20,30H,10H2,(H,28,29). The Hall–Kier alpha value is -3.26. The fourth-order valence-electron chi connectivity index (χ4n) is 3.95. The highest BCUT2D eigenvalue weighted by molar-refractivity contribution is 5.77. The molecule has 3 atom stereocenters. The van der Waals surface area contributed by atoms with Crippen molar-refractivity contribution in [2.24, 2.45) is 0 Å². The number of hydrogen-bond donors (Lipinski definition) is 2. The van der Waals surface area contributed by atoms with Gasteiger partial charge in [0.05, 0.1) is 12.0 Å². The van der Waals surface area contributed by atoms with Gasteiger partial charge >= 0.3 is 0 Å². The van der Waals surface area contributed by atoms with Crippen molar-refractivity contribution in [3.05, 3.63) is 83.7 Å². The molecule has 5 nitrogen and oxygen atoms in total. The van der Waals surface area contributed by atoms with Gasteiger partial charge in [0.1, 0.15) is 5.67 Å². The summed E-state index contributed by atoms with van der Waals surface area (Å²) in [6.45, 7) is 0. The number of hydroxylamine groups is 1. The second-order valence-corrected chi connectivity index (χ2v) is 7.27. The van der Waals surface area contributed by atoms with Crippen LogP contribution in [0.5, 0.6) is 0 Å². The van der Waals surface area contributed by atoms with Gasteiger partial charge in [-0.25, -0.2) is 28.6 Å². The first-order valence-electron chi connectivity index (χ1n) is 9.31. The van der Waals surface area contributed by atoms with Gasteiger partial charge in [0.25, 0.3) is 6.43 Å². The minimum Gasteiger partial charge on any atom is -0.289 e. The highest BCUT2D eigenvalue weighted by atomic mass is 19.3. The van der Waals surface area contributed by atoms with E-state index < -0.39 is 36.3 Å². The zero-order valence-electron chi connectivity index (χ0n) is 15.7. The molecule has 1 heterocycles. The Labute approximate surface area is 170 Å². The minimum absolute atomic E-state index is 0.261. The van der Waals surface area contributed by atoms with Crippen molar-refractivity contribution in [2.45, 2.75) is 30.4 Å². The number of carbonyl (C=O) groups is 1. The molecule has 0 saturated heterocycles. The van der Waals surface area contributed by atoms with Crippen molar-refractivity contribution >= 4 is 5.91 Å². The predicted octanol–water partition coefficient (Wildman–Crippen LogP) is 4.57. The predicted molar refractivity (Wildman–Crippen MR) is 103 cm³/mol. The summed E-state index contributed by atoms with van der Waals surface area (Å²) in [5.74, 6) is -1.59. The third-order valence-corrected chi connectivity index (χ3v) is 5.42. The third-order valence-electron chi connectivity index (χ3n) is 5.42. The van der Waals surface area contributed by atoms with Gasteiger partial charge in [-0.05, 0) is 11.1 Å². The van der Waals surface area contributed by atoms with E-state index in [1.54, 1.807) is 36.4 Å². The molecule has 0 radical (unpaired) electrons. The summed E-state index contributed by atoms with van der Waals surface area (Å²) < 4.78 is 41.0. The molecule has 154 valence electrons. The number of aromatic nitrogens is 2. The molecule has 2 N–H and O–H groups in total. The number of alkyl halides is 3. The Kier molecular flexibility index (Phi) is 5.26. The van der Waals surface area contributed by atoms with E-state index in [1.165, 1.54) is 5.48 Å². The summed E-state index contributed by atoms with van der Waals surface area (Å²) >= 11 is 0. The number of rotatable bonds is 6. The first kappa shape index (κ1) is 20.0. The van der Waals surface area contributed by atoms with Crippen LogP contribution in [0.1, 0.15) is 41.4 Å². The van der Waals surface area contributed by atoms with Gasteiger partial charge in [0.2, 0.25) is 5.91 Å². The van der Waals surface area contributed by atoms with Crippen molar-refractivity contribution in [3.8, 4) is 11.4 Å². The molecule has 3 aromatic rings. The number of hydrogen-bond acceptors (Lipinski definition) is 4. The second kappa shape index (κ2) is 7.87. The molecular formula is C22H18F3N3O2. The molecule has 1 amide bonds. The molecule has 1 aromatic heterocycles. The number of halogens is 3. The lowest BCUT2D eigenvalue weighted by Crippen LogP contribution is -2.24. The molecule has 4 rings (SSSR count). The SMILES string of the molecule is O=C(CC1(F)C(c2ccccc2)C1c1ccc(-c2ncc(C(F)F)cn2)cc1)NO. The van der Waals surface area contributed by atoms with E-state index in [9.17, 15) is 13.6 Å². The van der Waals surface area contributed by atoms with Crippen molar-refractivity contribution in [3.63, 3.8) is 0 Å². The van der Waals surface area contributed by atoms with Gasteiger partial charge in [-0.1, -0.05) is 54.6 Å². The Balaban J connectivity index is 1.61. The topological polar surface area (TPSA) is 75.1 Å². The van der Waals surface area contributed by atoms with Crippen LogP contribution in [0.3, 0.4) is 0 Å². The van der Waals surface area contributed by atoms with E-state index in [0.29, 0.717) is 11.1 Å². The Bertz CT molecular complexity index is 1030. The van der Waals surface area contributed by atoms with Crippen LogP contribution < -0.4 is 5.48 Å². The van der Waals surface area contributed by atoms with Crippen LogP contribution in [0.15, 0.2) is 67.0 Å². The monoisotopic (exact) mass is 413 g/mol. The zero-order chi connectivity index (χ0) is 21.3. The first-order valence-corrected chi connectivity index (χ1v) is 9.31. The lowest BCUT2D eigenvalue weighted by atomic mass is 10.0. The van der Waals surface area contributed by atoms with Crippen LogP contribution in [0.25, 0.3) is 11.4 Å². The fourth-order valence-corrected chi connectivity index (χ4v) is 3.95. The molecule has 3 unspecified atom stereocenters. The zero-order valence-corrected chi connectivity index (χ0v) is 15.7. The van der Waals surface area contributed by atoms with Crippen molar-refractivity contribution in [2.75, 3.05) is 0 Å². The van der Waals surface area contributed by atoms with Gasteiger partial charge in [-0.2, -0.15) is 0 Å². The van der Waals surface area contributed by atoms with E-state index >= 15 is 4.39 Å². The summed E-state index contributed by atoms with van der Waals surface area (Å²) in [5, 5.41) is 8.83. The summed E-state index contributed by atoms with van der Waals surface area (Å²) in [4.78, 5) is 19.6. The maximum Gasteiger partial charge on any atom is 0.266 e. The number of nitrogens with one attached hydrogen (secondary N) is 1. The lowest BCUT2D eigenvalue weighted by molar-refractivity contribution is -0.130. The summed E-state index contributed by atoms with van der Waals surface area (Å²) in [6, 6.07) is 15.9. The summed E-state index contributed by atoms with van der Waals surface area (Å²) in [7, 11) is 0. The second-order valence-electron chi connectivity index (χ2n) is 7.27. The van der Waals surface area contributed by atoms with Crippen LogP contribution in [0, 0.1) is 0 Å². The summed E-state index contributed by atoms with van der Waals surface area (Å²) in [5.41, 5.74) is 1.47. The van der Waals surface area contributed by atoms with Crippen LogP contribution in [-0.4, -0.2) is 26.8 Å². The average Bonchev–Trinajstić information content (AvgIpc) is 3.38. The molecule has 0 bridgehead atoms. The largest absolute Gasteiger partial charge is 0.289 e. The smallest absolute Gasteiger partial charge is 0.266 e. The Morgan fingerprint density at radius 3 is 2.10 bits per heavy atom. The number of amides is 1. The fraction of sp³-hybridized carbons (Fsp3) is 0.227. The van der Waals surface area contributed by atoms with Crippen LogP contribution >= 0.6 is 0 Å². The third kappa shape index (κ3) is 3.66. The highest BCUT2D eigenvalue weighted by Crippen LogP contribution is 2.67.